The van der Waals surface area contributed by atoms with Gasteiger partial charge in [0.15, 0.2) is 11.6 Å². The third-order valence-electron chi connectivity index (χ3n) is 8.80. The van der Waals surface area contributed by atoms with Gasteiger partial charge in [0, 0.05) is 23.2 Å². The van der Waals surface area contributed by atoms with E-state index in [-0.39, 0.29) is 31.0 Å². The Bertz CT molecular complexity index is 734. The molecule has 4 aliphatic carbocycles. The SMILES string of the molecule is C[C@]12CCC(=O)C=C1CC[C@H]1[C@@H]3CC[C@](O)(C(=O)CO)[C@@]3(C)C[C@H](O)C12F. The first-order chi connectivity index (χ1) is 12.5. The molecule has 0 amide bonds. The number of rotatable bonds is 2. The first-order valence-corrected chi connectivity index (χ1v) is 10.0. The quantitative estimate of drug-likeness (QED) is 0.680. The van der Waals surface area contributed by atoms with Gasteiger partial charge in [-0.15, -0.1) is 0 Å². The zero-order chi connectivity index (χ0) is 19.8. The normalized spacial score (nSPS) is 51.9. The van der Waals surface area contributed by atoms with Crippen LogP contribution in [0.2, 0.25) is 0 Å². The number of carbonyl (C=O) groups excluding carboxylic acids is 2. The molecule has 7 atom stereocenters. The van der Waals surface area contributed by atoms with Gasteiger partial charge in [0.2, 0.25) is 0 Å². The van der Waals surface area contributed by atoms with Crippen molar-refractivity contribution in [1.29, 1.82) is 0 Å². The van der Waals surface area contributed by atoms with Gasteiger partial charge in [0.25, 0.3) is 0 Å². The molecule has 4 aliphatic rings. The number of allylic oxidation sites excluding steroid dienone is 1. The maximum atomic E-state index is 16.8. The number of carbonyl (C=O) groups is 2. The van der Waals surface area contributed by atoms with Crippen molar-refractivity contribution in [3.63, 3.8) is 0 Å². The number of aliphatic hydroxyl groups excluding tert-OH is 2. The third-order valence-corrected chi connectivity index (χ3v) is 8.80. The highest BCUT2D eigenvalue weighted by Gasteiger charge is 2.74. The number of halogens is 1. The predicted molar refractivity (Wildman–Crippen MR) is 95.5 cm³/mol. The number of ketones is 2. The molecule has 27 heavy (non-hydrogen) atoms. The van der Waals surface area contributed by atoms with Gasteiger partial charge in [-0.1, -0.05) is 19.4 Å². The van der Waals surface area contributed by atoms with E-state index in [2.05, 4.69) is 0 Å². The molecule has 0 aliphatic heterocycles. The van der Waals surface area contributed by atoms with Crippen LogP contribution in [-0.2, 0) is 9.59 Å². The Kier molecular flexibility index (Phi) is 4.06. The molecule has 0 heterocycles. The standard InChI is InChI=1S/C21H29FO5/c1-18-7-5-13(24)9-12(18)3-4-15-14-6-8-20(27,17(26)11-23)19(14,2)10-16(25)21(15,18)22/h9,14-16,23,25,27H,3-8,10-11H2,1-2H3/t14-,15-,16-,18-,19-,20-,21?/m0/s1. The molecule has 0 aromatic heterocycles. The summed E-state index contributed by atoms with van der Waals surface area (Å²) in [4.78, 5) is 24.2. The van der Waals surface area contributed by atoms with Crippen LogP contribution < -0.4 is 0 Å². The summed E-state index contributed by atoms with van der Waals surface area (Å²) in [6, 6.07) is 0. The molecule has 0 aromatic rings. The van der Waals surface area contributed by atoms with Gasteiger partial charge in [-0.05, 0) is 50.5 Å². The number of fused-ring (bicyclic) bond motifs is 5. The van der Waals surface area contributed by atoms with E-state index in [9.17, 15) is 24.9 Å². The van der Waals surface area contributed by atoms with Crippen LogP contribution >= 0.6 is 0 Å². The lowest BCUT2D eigenvalue weighted by Crippen LogP contribution is -2.69. The zero-order valence-electron chi connectivity index (χ0n) is 16.0. The highest BCUT2D eigenvalue weighted by Crippen LogP contribution is 2.70. The first kappa shape index (κ1) is 19.2. The van der Waals surface area contributed by atoms with E-state index >= 15 is 4.39 Å². The van der Waals surface area contributed by atoms with Gasteiger partial charge in [0.05, 0.1) is 6.10 Å². The molecule has 0 spiro atoms. The molecule has 6 heteroatoms. The van der Waals surface area contributed by atoms with Crippen molar-refractivity contribution in [2.24, 2.45) is 22.7 Å². The van der Waals surface area contributed by atoms with Gasteiger partial charge in [-0.25, -0.2) is 4.39 Å². The molecule has 3 saturated carbocycles. The Labute approximate surface area is 158 Å². The van der Waals surface area contributed by atoms with Crippen LogP contribution in [0.4, 0.5) is 4.39 Å². The van der Waals surface area contributed by atoms with E-state index < -0.39 is 46.5 Å². The highest BCUT2D eigenvalue weighted by atomic mass is 19.1. The second-order valence-corrected chi connectivity index (χ2v) is 9.61. The molecule has 0 radical (unpaired) electrons. The number of Topliss-reactive ketones (excluding diaryl/α,β-unsaturated/α-hetero) is 1. The molecule has 150 valence electrons. The van der Waals surface area contributed by atoms with Crippen LogP contribution in [0.5, 0.6) is 0 Å². The second kappa shape index (κ2) is 5.71. The Morgan fingerprint density at radius 2 is 1.93 bits per heavy atom. The average molecular weight is 380 g/mol. The van der Waals surface area contributed by atoms with Crippen molar-refractivity contribution < 1.29 is 29.3 Å². The van der Waals surface area contributed by atoms with Gasteiger partial charge >= 0.3 is 0 Å². The molecule has 3 N–H and O–H groups in total. The van der Waals surface area contributed by atoms with Crippen LogP contribution in [0.1, 0.15) is 58.8 Å². The molecule has 0 saturated heterocycles. The minimum atomic E-state index is -1.88. The fourth-order valence-electron chi connectivity index (χ4n) is 7.16. The van der Waals surface area contributed by atoms with E-state index in [1.807, 2.05) is 6.92 Å². The lowest BCUT2D eigenvalue weighted by molar-refractivity contribution is -0.226. The lowest BCUT2D eigenvalue weighted by Gasteiger charge is -2.63. The monoisotopic (exact) mass is 380 g/mol. The van der Waals surface area contributed by atoms with Gasteiger partial charge < -0.3 is 15.3 Å². The van der Waals surface area contributed by atoms with Crippen molar-refractivity contribution in [3.8, 4) is 0 Å². The van der Waals surface area contributed by atoms with E-state index in [1.54, 1.807) is 13.0 Å². The maximum absolute atomic E-state index is 16.8. The summed E-state index contributed by atoms with van der Waals surface area (Å²) in [7, 11) is 0. The average Bonchev–Trinajstić information content (AvgIpc) is 2.88. The number of hydrogen-bond donors (Lipinski definition) is 3. The second-order valence-electron chi connectivity index (χ2n) is 9.61. The molecule has 4 rings (SSSR count). The summed E-state index contributed by atoms with van der Waals surface area (Å²) in [6.45, 7) is 2.83. The smallest absolute Gasteiger partial charge is 0.190 e. The Hall–Kier alpha value is -1.11. The van der Waals surface area contributed by atoms with Crippen molar-refractivity contribution in [2.75, 3.05) is 6.61 Å². The summed E-state index contributed by atoms with van der Waals surface area (Å²) in [5, 5.41) is 31.5. The topological polar surface area (TPSA) is 94.8 Å². The Morgan fingerprint density at radius 3 is 2.59 bits per heavy atom. The summed E-state index contributed by atoms with van der Waals surface area (Å²) in [5.74, 6) is -1.36. The van der Waals surface area contributed by atoms with Crippen molar-refractivity contribution >= 4 is 11.6 Å². The fraction of sp³-hybridized carbons (Fsp3) is 0.810. The van der Waals surface area contributed by atoms with Crippen molar-refractivity contribution in [3.05, 3.63) is 11.6 Å². The minimum absolute atomic E-state index is 0.0171. The molecule has 3 fully saturated rings. The molecular formula is C21H29FO5. The summed E-state index contributed by atoms with van der Waals surface area (Å²) in [5.41, 5.74) is -4.68. The lowest BCUT2D eigenvalue weighted by atomic mass is 9.44. The third kappa shape index (κ3) is 2.10. The number of hydrogen-bond acceptors (Lipinski definition) is 5. The van der Waals surface area contributed by atoms with Crippen molar-refractivity contribution in [1.82, 2.24) is 0 Å². The van der Waals surface area contributed by atoms with Gasteiger partial charge in [-0.2, -0.15) is 0 Å². The van der Waals surface area contributed by atoms with Crippen LogP contribution in [0.15, 0.2) is 11.6 Å². The molecule has 1 unspecified atom stereocenters. The summed E-state index contributed by atoms with van der Waals surface area (Å²) < 4.78 is 16.8. The summed E-state index contributed by atoms with van der Waals surface area (Å²) >= 11 is 0. The molecule has 0 bridgehead atoms. The van der Waals surface area contributed by atoms with E-state index in [1.165, 1.54) is 0 Å². The largest absolute Gasteiger partial charge is 0.390 e. The van der Waals surface area contributed by atoms with E-state index in [4.69, 9.17) is 0 Å². The van der Waals surface area contributed by atoms with E-state index in [0.717, 1.165) is 5.57 Å². The molecular weight excluding hydrogens is 351 g/mol. The maximum Gasteiger partial charge on any atom is 0.190 e. The zero-order valence-corrected chi connectivity index (χ0v) is 16.0. The van der Waals surface area contributed by atoms with Crippen LogP contribution in [-0.4, -0.2) is 50.9 Å². The molecule has 5 nitrogen and oxygen atoms in total. The van der Waals surface area contributed by atoms with Crippen LogP contribution in [0.3, 0.4) is 0 Å². The van der Waals surface area contributed by atoms with Gasteiger partial charge in [0.1, 0.15) is 17.9 Å². The molecule has 0 aromatic carbocycles. The van der Waals surface area contributed by atoms with Gasteiger partial charge in [-0.3, -0.25) is 9.59 Å². The summed E-state index contributed by atoms with van der Waals surface area (Å²) in [6.07, 6.45) is 2.65. The van der Waals surface area contributed by atoms with Crippen LogP contribution in [0, 0.1) is 22.7 Å². The van der Waals surface area contributed by atoms with E-state index in [0.29, 0.717) is 25.7 Å². The predicted octanol–water partition coefficient (Wildman–Crippen LogP) is 1.87. The fourth-order valence-corrected chi connectivity index (χ4v) is 7.16. The Morgan fingerprint density at radius 1 is 1.22 bits per heavy atom. The number of alkyl halides is 1. The highest BCUT2D eigenvalue weighted by molar-refractivity contribution is 5.92. The Balaban J connectivity index is 1.80. The number of aliphatic hydroxyl groups is 3. The van der Waals surface area contributed by atoms with Crippen molar-refractivity contribution in [2.45, 2.75) is 76.2 Å². The first-order valence-electron chi connectivity index (χ1n) is 10.0. The minimum Gasteiger partial charge on any atom is -0.390 e. The van der Waals surface area contributed by atoms with Crippen LogP contribution in [0.25, 0.3) is 0 Å².